The fraction of sp³-hybridized carbons (Fsp3) is 1.00. The first-order valence-corrected chi connectivity index (χ1v) is 10.1. The molecule has 0 spiro atoms. The SMILES string of the molecule is CC(CNS(=O)(=O)CCC1CCCCN1)CN1CCCC1. The van der Waals surface area contributed by atoms with Crippen molar-refractivity contribution >= 4 is 10.0 Å². The first-order chi connectivity index (χ1) is 10.1. The van der Waals surface area contributed by atoms with Gasteiger partial charge in [-0.3, -0.25) is 0 Å². The second-order valence-corrected chi connectivity index (χ2v) is 8.64. The lowest BCUT2D eigenvalue weighted by molar-refractivity contribution is 0.288. The number of hydrogen-bond acceptors (Lipinski definition) is 4. The zero-order valence-electron chi connectivity index (χ0n) is 13.3. The first-order valence-electron chi connectivity index (χ1n) is 8.48. The number of nitrogens with one attached hydrogen (secondary N) is 2. The summed E-state index contributed by atoms with van der Waals surface area (Å²) in [5.41, 5.74) is 0. The van der Waals surface area contributed by atoms with E-state index in [-0.39, 0.29) is 5.75 Å². The highest BCUT2D eigenvalue weighted by Gasteiger charge is 2.19. The van der Waals surface area contributed by atoms with Crippen LogP contribution in [0.2, 0.25) is 0 Å². The molecule has 2 fully saturated rings. The molecule has 0 radical (unpaired) electrons. The standard InChI is InChI=1S/C15H31N3O2S/c1-14(13-18-9-4-5-10-18)12-17-21(19,20)11-7-15-6-2-3-8-16-15/h14-17H,2-13H2,1H3. The molecule has 2 unspecified atom stereocenters. The summed E-state index contributed by atoms with van der Waals surface area (Å²) in [6, 6.07) is 0.386. The largest absolute Gasteiger partial charge is 0.314 e. The summed E-state index contributed by atoms with van der Waals surface area (Å²) >= 11 is 0. The van der Waals surface area contributed by atoms with E-state index in [2.05, 4.69) is 21.9 Å². The average Bonchev–Trinajstić information content (AvgIpc) is 2.97. The van der Waals surface area contributed by atoms with E-state index in [1.165, 1.54) is 38.8 Å². The molecule has 124 valence electrons. The molecule has 0 amide bonds. The molecule has 0 aromatic heterocycles. The minimum Gasteiger partial charge on any atom is -0.314 e. The molecule has 21 heavy (non-hydrogen) atoms. The second kappa shape index (κ2) is 8.46. The topological polar surface area (TPSA) is 61.4 Å². The van der Waals surface area contributed by atoms with Gasteiger partial charge in [0, 0.05) is 19.1 Å². The van der Waals surface area contributed by atoms with Gasteiger partial charge < -0.3 is 10.2 Å². The summed E-state index contributed by atoms with van der Waals surface area (Å²) < 4.78 is 26.9. The van der Waals surface area contributed by atoms with Gasteiger partial charge >= 0.3 is 0 Å². The molecule has 0 aromatic rings. The predicted molar refractivity (Wildman–Crippen MR) is 86.9 cm³/mol. The van der Waals surface area contributed by atoms with Crippen LogP contribution in [0.15, 0.2) is 0 Å². The highest BCUT2D eigenvalue weighted by Crippen LogP contribution is 2.12. The van der Waals surface area contributed by atoms with E-state index in [0.717, 1.165) is 25.9 Å². The molecule has 2 aliphatic rings. The molecular formula is C15H31N3O2S. The predicted octanol–water partition coefficient (Wildman–Crippen LogP) is 1.17. The van der Waals surface area contributed by atoms with Crippen LogP contribution >= 0.6 is 0 Å². The van der Waals surface area contributed by atoms with Crippen LogP contribution in [0, 0.1) is 5.92 Å². The quantitative estimate of drug-likeness (QED) is 0.705. The molecule has 2 heterocycles. The van der Waals surface area contributed by atoms with Crippen molar-refractivity contribution in [3.05, 3.63) is 0 Å². The van der Waals surface area contributed by atoms with Crippen LogP contribution < -0.4 is 10.0 Å². The molecule has 0 aliphatic carbocycles. The van der Waals surface area contributed by atoms with Crippen molar-refractivity contribution < 1.29 is 8.42 Å². The van der Waals surface area contributed by atoms with E-state index in [1.807, 2.05) is 0 Å². The number of hydrogen-bond donors (Lipinski definition) is 2. The third-order valence-electron chi connectivity index (χ3n) is 4.57. The Morgan fingerprint density at radius 2 is 2.00 bits per heavy atom. The Morgan fingerprint density at radius 3 is 2.67 bits per heavy atom. The number of rotatable bonds is 8. The Balaban J connectivity index is 1.62. The van der Waals surface area contributed by atoms with Crippen LogP contribution in [0.25, 0.3) is 0 Å². The van der Waals surface area contributed by atoms with Crippen molar-refractivity contribution in [3.8, 4) is 0 Å². The van der Waals surface area contributed by atoms with Crippen molar-refractivity contribution in [2.45, 2.75) is 51.5 Å². The second-order valence-electron chi connectivity index (χ2n) is 6.72. The van der Waals surface area contributed by atoms with Gasteiger partial charge in [0.1, 0.15) is 0 Å². The zero-order valence-corrected chi connectivity index (χ0v) is 14.1. The normalized spacial score (nSPS) is 26.0. The first kappa shape index (κ1) is 17.2. The average molecular weight is 317 g/mol. The minimum absolute atomic E-state index is 0.251. The van der Waals surface area contributed by atoms with Gasteiger partial charge in [0.2, 0.25) is 10.0 Å². The molecule has 0 saturated carbocycles. The fourth-order valence-corrected chi connectivity index (χ4v) is 4.56. The number of likely N-dealkylation sites (tertiary alicyclic amines) is 1. The molecule has 2 atom stereocenters. The van der Waals surface area contributed by atoms with Crippen molar-refractivity contribution in [1.82, 2.24) is 14.9 Å². The maximum absolute atomic E-state index is 12.1. The number of piperidine rings is 1. The summed E-state index contributed by atoms with van der Waals surface area (Å²) in [6.07, 6.45) is 6.85. The highest BCUT2D eigenvalue weighted by atomic mass is 32.2. The van der Waals surface area contributed by atoms with Gasteiger partial charge in [0.15, 0.2) is 0 Å². The van der Waals surface area contributed by atoms with Gasteiger partial charge in [0.25, 0.3) is 0 Å². The van der Waals surface area contributed by atoms with Crippen molar-refractivity contribution in [2.24, 2.45) is 5.92 Å². The maximum Gasteiger partial charge on any atom is 0.211 e. The van der Waals surface area contributed by atoms with Gasteiger partial charge in [-0.25, -0.2) is 13.1 Å². The summed E-state index contributed by atoms with van der Waals surface area (Å²) in [6.45, 7) is 7.08. The fourth-order valence-electron chi connectivity index (χ4n) is 3.28. The van der Waals surface area contributed by atoms with Gasteiger partial charge in [0.05, 0.1) is 5.75 Å². The third-order valence-corrected chi connectivity index (χ3v) is 5.95. The molecular weight excluding hydrogens is 286 g/mol. The molecule has 0 aromatic carbocycles. The van der Waals surface area contributed by atoms with Crippen LogP contribution in [-0.4, -0.2) is 57.8 Å². The van der Waals surface area contributed by atoms with E-state index < -0.39 is 10.0 Å². The van der Waals surface area contributed by atoms with Crippen LogP contribution in [0.1, 0.15) is 45.4 Å². The summed E-state index contributed by atoms with van der Waals surface area (Å²) in [4.78, 5) is 2.44. The monoisotopic (exact) mass is 317 g/mol. The number of sulfonamides is 1. The van der Waals surface area contributed by atoms with Crippen molar-refractivity contribution in [2.75, 3.05) is 38.5 Å². The summed E-state index contributed by atoms with van der Waals surface area (Å²) in [5, 5.41) is 3.41. The summed E-state index contributed by atoms with van der Waals surface area (Å²) in [7, 11) is -3.12. The highest BCUT2D eigenvalue weighted by molar-refractivity contribution is 7.89. The van der Waals surface area contributed by atoms with Gasteiger partial charge in [-0.05, 0) is 57.7 Å². The lowest BCUT2D eigenvalue weighted by atomic mass is 10.0. The Hall–Kier alpha value is -0.170. The Labute approximate surface area is 129 Å². The lowest BCUT2D eigenvalue weighted by Crippen LogP contribution is -2.39. The van der Waals surface area contributed by atoms with Crippen LogP contribution in [0.5, 0.6) is 0 Å². The van der Waals surface area contributed by atoms with Gasteiger partial charge in [-0.2, -0.15) is 0 Å². The molecule has 0 bridgehead atoms. The van der Waals surface area contributed by atoms with E-state index in [1.54, 1.807) is 0 Å². The lowest BCUT2D eigenvalue weighted by Gasteiger charge is -2.23. The van der Waals surface area contributed by atoms with Gasteiger partial charge in [-0.15, -0.1) is 0 Å². The van der Waals surface area contributed by atoms with E-state index in [0.29, 0.717) is 18.5 Å². The Morgan fingerprint density at radius 1 is 1.24 bits per heavy atom. The van der Waals surface area contributed by atoms with E-state index in [4.69, 9.17) is 0 Å². The van der Waals surface area contributed by atoms with Crippen LogP contribution in [0.4, 0.5) is 0 Å². The Bertz CT molecular complexity index is 388. The molecule has 5 nitrogen and oxygen atoms in total. The third kappa shape index (κ3) is 6.63. The zero-order chi connectivity index (χ0) is 15.1. The van der Waals surface area contributed by atoms with Crippen LogP contribution in [-0.2, 0) is 10.0 Å². The van der Waals surface area contributed by atoms with Crippen molar-refractivity contribution in [3.63, 3.8) is 0 Å². The van der Waals surface area contributed by atoms with Gasteiger partial charge in [-0.1, -0.05) is 13.3 Å². The smallest absolute Gasteiger partial charge is 0.211 e. The number of nitrogens with zero attached hydrogens (tertiary/aromatic N) is 1. The molecule has 2 N–H and O–H groups in total. The summed E-state index contributed by atoms with van der Waals surface area (Å²) in [5.74, 6) is 0.631. The van der Waals surface area contributed by atoms with Crippen molar-refractivity contribution in [1.29, 1.82) is 0 Å². The Kier molecular flexibility index (Phi) is 6.92. The van der Waals surface area contributed by atoms with E-state index >= 15 is 0 Å². The molecule has 2 aliphatic heterocycles. The maximum atomic E-state index is 12.1. The van der Waals surface area contributed by atoms with Crippen LogP contribution in [0.3, 0.4) is 0 Å². The molecule has 2 saturated heterocycles. The molecule has 2 rings (SSSR count). The van der Waals surface area contributed by atoms with E-state index in [9.17, 15) is 8.42 Å². The molecule has 6 heteroatoms. The minimum atomic E-state index is -3.12.